The molecule has 5 nitrogen and oxygen atoms in total. The zero-order valence-electron chi connectivity index (χ0n) is 16.5. The molecule has 2 aromatic carbocycles. The Balaban J connectivity index is 1.98. The molecule has 7 heteroatoms. The van der Waals surface area contributed by atoms with Crippen LogP contribution in [-0.2, 0) is 14.3 Å². The number of benzene rings is 2. The maximum absolute atomic E-state index is 13.1. The number of amides is 2. The van der Waals surface area contributed by atoms with Crippen molar-refractivity contribution in [3.05, 3.63) is 64.0 Å². The third-order valence-corrected chi connectivity index (χ3v) is 5.54. The lowest BCUT2D eigenvalue weighted by Crippen LogP contribution is -2.34. The maximum atomic E-state index is 13.1. The normalized spacial score (nSPS) is 14.3. The highest BCUT2D eigenvalue weighted by Crippen LogP contribution is 2.40. The number of halogens is 1. The lowest BCUT2D eigenvalue weighted by molar-refractivity contribution is -0.137. The zero-order valence-corrected chi connectivity index (χ0v) is 18.0. The van der Waals surface area contributed by atoms with Crippen molar-refractivity contribution in [2.45, 2.75) is 24.8 Å². The second kappa shape index (κ2) is 9.48. The molecule has 0 radical (unpaired) electrons. The lowest BCUT2D eigenvalue weighted by atomic mass is 10.1. The van der Waals surface area contributed by atoms with Gasteiger partial charge >= 0.3 is 0 Å². The molecule has 0 spiro atoms. The van der Waals surface area contributed by atoms with E-state index in [1.807, 2.05) is 38.1 Å². The van der Waals surface area contributed by atoms with Crippen molar-refractivity contribution < 1.29 is 19.1 Å². The van der Waals surface area contributed by atoms with Gasteiger partial charge in [-0.3, -0.25) is 14.5 Å². The number of ether oxygens (including phenoxy) is 2. The van der Waals surface area contributed by atoms with Crippen molar-refractivity contribution >= 4 is 40.8 Å². The van der Waals surface area contributed by atoms with Gasteiger partial charge in [-0.1, -0.05) is 35.5 Å². The molecule has 1 heterocycles. The summed E-state index contributed by atoms with van der Waals surface area (Å²) in [4.78, 5) is 28.5. The number of carbonyl (C=O) groups is 2. The van der Waals surface area contributed by atoms with E-state index in [1.54, 1.807) is 24.3 Å². The van der Waals surface area contributed by atoms with E-state index in [1.165, 1.54) is 23.8 Å². The largest absolute Gasteiger partial charge is 0.491 e. The molecule has 0 bridgehead atoms. The molecule has 0 atom stereocenters. The van der Waals surface area contributed by atoms with E-state index in [4.69, 9.17) is 21.1 Å². The molecule has 29 heavy (non-hydrogen) atoms. The number of thioether (sulfide) groups is 1. The Morgan fingerprint density at radius 1 is 1.00 bits per heavy atom. The number of rotatable bonds is 8. The predicted octanol–water partition coefficient (Wildman–Crippen LogP) is 4.65. The molecule has 0 aromatic heterocycles. The van der Waals surface area contributed by atoms with Gasteiger partial charge in [0.2, 0.25) is 0 Å². The van der Waals surface area contributed by atoms with Crippen molar-refractivity contribution in [2.24, 2.45) is 0 Å². The first-order valence-electron chi connectivity index (χ1n) is 9.20. The average molecular weight is 432 g/mol. The minimum atomic E-state index is -0.318. The van der Waals surface area contributed by atoms with Crippen LogP contribution in [0.5, 0.6) is 5.75 Å². The second-order valence-corrected chi connectivity index (χ2v) is 8.23. The van der Waals surface area contributed by atoms with E-state index >= 15 is 0 Å². The quantitative estimate of drug-likeness (QED) is 0.569. The Kier molecular flexibility index (Phi) is 7.00. The van der Waals surface area contributed by atoms with Gasteiger partial charge in [0, 0.05) is 17.0 Å². The third-order valence-electron chi connectivity index (χ3n) is 4.19. The minimum Gasteiger partial charge on any atom is -0.491 e. The van der Waals surface area contributed by atoms with Gasteiger partial charge in [0.1, 0.15) is 5.75 Å². The number of carbonyl (C=O) groups excluding carboxylic acids is 2. The number of imide groups is 1. The summed E-state index contributed by atoms with van der Waals surface area (Å²) >= 11 is 7.22. The summed E-state index contributed by atoms with van der Waals surface area (Å²) < 4.78 is 10.7. The summed E-state index contributed by atoms with van der Waals surface area (Å²) in [6, 6.07) is 14.4. The van der Waals surface area contributed by atoms with Crippen molar-refractivity contribution in [3.8, 4) is 5.75 Å². The topological polar surface area (TPSA) is 55.8 Å². The first-order valence-corrected chi connectivity index (χ1v) is 10.4. The van der Waals surface area contributed by atoms with Gasteiger partial charge in [0.25, 0.3) is 11.8 Å². The van der Waals surface area contributed by atoms with Crippen LogP contribution < -0.4 is 4.74 Å². The zero-order chi connectivity index (χ0) is 21.0. The maximum Gasteiger partial charge on any atom is 0.268 e. The van der Waals surface area contributed by atoms with E-state index in [9.17, 15) is 9.59 Å². The predicted molar refractivity (Wildman–Crippen MR) is 115 cm³/mol. The van der Waals surface area contributed by atoms with Gasteiger partial charge in [-0.2, -0.15) is 0 Å². The molecule has 1 aliphatic rings. The highest BCUT2D eigenvalue weighted by Gasteiger charge is 2.39. The van der Waals surface area contributed by atoms with Crippen molar-refractivity contribution in [2.75, 3.05) is 20.3 Å². The monoisotopic (exact) mass is 431 g/mol. The molecule has 0 fully saturated rings. The summed E-state index contributed by atoms with van der Waals surface area (Å²) in [5.41, 5.74) is 1.07. The van der Waals surface area contributed by atoms with Crippen LogP contribution in [0.3, 0.4) is 0 Å². The molecule has 0 unspecified atom stereocenters. The van der Waals surface area contributed by atoms with Gasteiger partial charge in [0.15, 0.2) is 0 Å². The number of hydrogen-bond donors (Lipinski definition) is 0. The summed E-state index contributed by atoms with van der Waals surface area (Å²) in [7, 11) is 1.54. The molecule has 0 saturated heterocycles. The fourth-order valence-corrected chi connectivity index (χ4v) is 4.02. The van der Waals surface area contributed by atoms with E-state index in [-0.39, 0.29) is 31.1 Å². The van der Waals surface area contributed by atoms with Crippen LogP contribution in [0.15, 0.2) is 58.3 Å². The Labute approximate surface area is 179 Å². The third kappa shape index (κ3) is 5.01. The molecule has 0 N–H and O–H groups in total. The van der Waals surface area contributed by atoms with Gasteiger partial charge in [-0.05, 0) is 55.8 Å². The molecule has 1 aliphatic heterocycles. The second-order valence-electron chi connectivity index (χ2n) is 6.71. The van der Waals surface area contributed by atoms with Crippen molar-refractivity contribution in [1.82, 2.24) is 4.90 Å². The van der Waals surface area contributed by atoms with Crippen LogP contribution in [-0.4, -0.2) is 43.1 Å². The lowest BCUT2D eigenvalue weighted by Gasteiger charge is -2.14. The fourth-order valence-electron chi connectivity index (χ4n) is 2.88. The van der Waals surface area contributed by atoms with E-state index in [2.05, 4.69) is 0 Å². The van der Waals surface area contributed by atoms with E-state index in [0.29, 0.717) is 26.8 Å². The number of methoxy groups -OCH3 is 1. The molecule has 3 rings (SSSR count). The van der Waals surface area contributed by atoms with Gasteiger partial charge in [-0.15, -0.1) is 0 Å². The molecule has 152 valence electrons. The Morgan fingerprint density at radius 2 is 1.66 bits per heavy atom. The van der Waals surface area contributed by atoms with Crippen LogP contribution in [0.1, 0.15) is 19.4 Å². The standard InChI is InChI=1S/C22H22ClNO4S/c1-14(2)28-17-8-4-15(5-9-17)19-20(29-18-10-6-16(23)7-11-18)22(26)24(21(19)25)12-13-27-3/h4-11,14H,12-13H2,1-3H3. The first-order chi connectivity index (χ1) is 13.9. The summed E-state index contributed by atoms with van der Waals surface area (Å²) in [6.07, 6.45) is 0.0512. The van der Waals surface area contributed by atoms with E-state index in [0.717, 1.165) is 4.90 Å². The van der Waals surface area contributed by atoms with E-state index < -0.39 is 0 Å². The highest BCUT2D eigenvalue weighted by molar-refractivity contribution is 8.04. The van der Waals surface area contributed by atoms with Crippen molar-refractivity contribution in [3.63, 3.8) is 0 Å². The Hall–Kier alpha value is -2.28. The van der Waals surface area contributed by atoms with Gasteiger partial charge < -0.3 is 9.47 Å². The van der Waals surface area contributed by atoms with Crippen molar-refractivity contribution in [1.29, 1.82) is 0 Å². The Morgan fingerprint density at radius 3 is 2.24 bits per heavy atom. The van der Waals surface area contributed by atoms with Gasteiger partial charge in [0.05, 0.1) is 29.7 Å². The summed E-state index contributed by atoms with van der Waals surface area (Å²) in [6.45, 7) is 4.38. The smallest absolute Gasteiger partial charge is 0.268 e. The molecular weight excluding hydrogens is 410 g/mol. The van der Waals surface area contributed by atoms with Gasteiger partial charge in [-0.25, -0.2) is 0 Å². The first kappa shape index (κ1) is 21.4. The van der Waals surface area contributed by atoms with Crippen LogP contribution in [0.4, 0.5) is 0 Å². The average Bonchev–Trinajstić information content (AvgIpc) is 2.92. The Bertz CT molecular complexity index is 923. The summed E-state index contributed by atoms with van der Waals surface area (Å²) in [5, 5.41) is 0.611. The fraction of sp³-hybridized carbons (Fsp3) is 0.273. The molecule has 0 saturated carbocycles. The van der Waals surface area contributed by atoms with Crippen LogP contribution >= 0.6 is 23.4 Å². The molecular formula is C22H22ClNO4S. The molecule has 0 aliphatic carbocycles. The SMILES string of the molecule is COCCN1C(=O)C(Sc2ccc(Cl)cc2)=C(c2ccc(OC(C)C)cc2)C1=O. The number of nitrogens with zero attached hydrogens (tertiary/aromatic N) is 1. The van der Waals surface area contributed by atoms with Crippen LogP contribution in [0, 0.1) is 0 Å². The van der Waals surface area contributed by atoms with Crippen LogP contribution in [0.25, 0.3) is 5.57 Å². The number of hydrogen-bond acceptors (Lipinski definition) is 5. The van der Waals surface area contributed by atoms with Crippen LogP contribution in [0.2, 0.25) is 5.02 Å². The molecule has 2 amide bonds. The minimum absolute atomic E-state index is 0.0512. The summed E-state index contributed by atoms with van der Waals surface area (Å²) in [5.74, 6) is 0.0785. The molecule has 2 aromatic rings. The highest BCUT2D eigenvalue weighted by atomic mass is 35.5.